The van der Waals surface area contributed by atoms with Crippen molar-refractivity contribution in [1.82, 2.24) is 0 Å². The average molecular weight is 432 g/mol. The summed E-state index contributed by atoms with van der Waals surface area (Å²) in [5, 5.41) is 12.3. The van der Waals surface area contributed by atoms with Crippen LogP contribution in [0.4, 0.5) is 0 Å². The Morgan fingerprint density at radius 2 is 1.64 bits per heavy atom. The second kappa shape index (κ2) is 7.60. The Bertz CT molecular complexity index is 1560. The highest BCUT2D eigenvalue weighted by molar-refractivity contribution is 6.14. The van der Waals surface area contributed by atoms with E-state index in [4.69, 9.17) is 4.42 Å². The first kappa shape index (κ1) is 21.0. The number of hydrogen-bond acceptors (Lipinski definition) is 2. The number of hydrogen-bond donors (Lipinski definition) is 0. The highest BCUT2D eigenvalue weighted by Gasteiger charge is 2.28. The number of furan rings is 1. The minimum atomic E-state index is -0.0812. The van der Waals surface area contributed by atoms with E-state index >= 15 is 0 Å². The largest absolute Gasteiger partial charge is 0.454 e. The van der Waals surface area contributed by atoms with Crippen LogP contribution < -0.4 is 4.57 Å². The van der Waals surface area contributed by atoms with Crippen molar-refractivity contribution in [3.05, 3.63) is 89.6 Å². The van der Waals surface area contributed by atoms with Gasteiger partial charge >= 0.3 is 0 Å². The number of pyridine rings is 1. The summed E-state index contributed by atoms with van der Waals surface area (Å²) in [4.78, 5) is 0. The molecule has 2 heterocycles. The summed E-state index contributed by atoms with van der Waals surface area (Å²) in [6.45, 7) is 8.83. The lowest BCUT2D eigenvalue weighted by molar-refractivity contribution is -0.660. The fourth-order valence-corrected chi connectivity index (χ4v) is 4.81. The van der Waals surface area contributed by atoms with Crippen molar-refractivity contribution in [2.45, 2.75) is 33.1 Å². The molecule has 0 saturated carbocycles. The molecular formula is C30H27N2O+. The number of aryl methyl sites for hydroxylation is 2. The van der Waals surface area contributed by atoms with Crippen molar-refractivity contribution < 1.29 is 8.98 Å². The molecule has 0 unspecified atom stereocenters. The molecule has 0 aliphatic carbocycles. The van der Waals surface area contributed by atoms with E-state index in [1.54, 1.807) is 0 Å². The van der Waals surface area contributed by atoms with Crippen molar-refractivity contribution >= 4 is 21.9 Å². The lowest BCUT2D eigenvalue weighted by Crippen LogP contribution is -2.30. The van der Waals surface area contributed by atoms with Gasteiger partial charge in [0.1, 0.15) is 24.3 Å². The van der Waals surface area contributed by atoms with Crippen molar-refractivity contribution in [3.8, 4) is 28.5 Å². The summed E-state index contributed by atoms with van der Waals surface area (Å²) in [5.74, 6) is 0. The zero-order valence-electron chi connectivity index (χ0n) is 19.7. The van der Waals surface area contributed by atoms with Crippen molar-refractivity contribution in [3.63, 3.8) is 0 Å². The zero-order chi connectivity index (χ0) is 23.3. The van der Waals surface area contributed by atoms with E-state index in [9.17, 15) is 5.26 Å². The Hall–Kier alpha value is -3.90. The monoisotopic (exact) mass is 431 g/mol. The van der Waals surface area contributed by atoms with Gasteiger partial charge in [0.2, 0.25) is 5.69 Å². The van der Waals surface area contributed by atoms with Gasteiger partial charge in [-0.05, 0) is 41.2 Å². The number of benzene rings is 3. The van der Waals surface area contributed by atoms with Crippen LogP contribution in [0, 0.1) is 18.3 Å². The maximum absolute atomic E-state index is 10.2. The molecule has 0 saturated heterocycles. The molecule has 3 aromatic carbocycles. The maximum Gasteiger partial charge on any atom is 0.216 e. The van der Waals surface area contributed by atoms with Crippen LogP contribution in [0.25, 0.3) is 44.3 Å². The molecule has 162 valence electrons. The summed E-state index contributed by atoms with van der Waals surface area (Å²) in [7, 11) is 2.05. The molecular weight excluding hydrogens is 404 g/mol. The molecule has 0 aliphatic rings. The second-order valence-corrected chi connectivity index (χ2v) is 9.71. The Labute approximate surface area is 194 Å². The normalized spacial score (nSPS) is 11.8. The first-order valence-electron chi connectivity index (χ1n) is 11.2. The van der Waals surface area contributed by atoms with E-state index in [1.807, 2.05) is 36.4 Å². The van der Waals surface area contributed by atoms with Gasteiger partial charge in [-0.2, -0.15) is 5.26 Å². The van der Waals surface area contributed by atoms with E-state index in [0.717, 1.165) is 44.3 Å². The van der Waals surface area contributed by atoms with E-state index in [2.05, 4.69) is 81.9 Å². The van der Waals surface area contributed by atoms with Crippen LogP contribution >= 0.6 is 0 Å². The van der Waals surface area contributed by atoms with Gasteiger partial charge in [-0.15, -0.1) is 0 Å². The quantitative estimate of drug-likeness (QED) is 0.277. The number of nitrogens with zero attached hydrogens (tertiary/aromatic N) is 2. The fraction of sp³-hybridized carbons (Fsp3) is 0.200. The summed E-state index contributed by atoms with van der Waals surface area (Å²) < 4.78 is 8.78. The minimum absolute atomic E-state index is 0.0812. The van der Waals surface area contributed by atoms with Gasteiger partial charge in [0, 0.05) is 28.5 Å². The fourth-order valence-electron chi connectivity index (χ4n) is 4.81. The Kier molecular flexibility index (Phi) is 4.83. The van der Waals surface area contributed by atoms with E-state index in [-0.39, 0.29) is 5.41 Å². The molecule has 0 fully saturated rings. The molecule has 3 nitrogen and oxygen atoms in total. The lowest BCUT2D eigenvalue weighted by Gasteiger charge is -2.22. The third-order valence-electron chi connectivity index (χ3n) is 6.43. The van der Waals surface area contributed by atoms with Crippen molar-refractivity contribution in [2.24, 2.45) is 7.05 Å². The molecule has 0 atom stereocenters. The van der Waals surface area contributed by atoms with E-state index in [1.165, 1.54) is 5.56 Å². The van der Waals surface area contributed by atoms with Gasteiger partial charge in [-0.3, -0.25) is 0 Å². The van der Waals surface area contributed by atoms with Crippen LogP contribution in [-0.2, 0) is 12.5 Å². The molecule has 5 rings (SSSR count). The molecule has 0 amide bonds. The highest BCUT2D eigenvalue weighted by Crippen LogP contribution is 2.45. The molecule has 0 aliphatic heterocycles. The highest BCUT2D eigenvalue weighted by atomic mass is 16.3. The first-order valence-corrected chi connectivity index (χ1v) is 11.2. The summed E-state index contributed by atoms with van der Waals surface area (Å²) >= 11 is 0. The first-order chi connectivity index (χ1) is 15.8. The molecule has 0 radical (unpaired) electrons. The molecule has 0 bridgehead atoms. The molecule has 33 heavy (non-hydrogen) atoms. The average Bonchev–Trinajstić information content (AvgIpc) is 3.17. The topological polar surface area (TPSA) is 40.8 Å². The Morgan fingerprint density at radius 1 is 0.909 bits per heavy atom. The standard InChI is InChI=1S/C30H27N2O/c1-19-17-24(30(2,3)4)27-22-15-14-21(20-11-7-6-8-12-20)23(18-31)28(22)33-29(27)26(19)25-13-9-10-16-32(25)5/h6-17H,1-5H3/q+1. The van der Waals surface area contributed by atoms with Gasteiger partial charge in [0.15, 0.2) is 11.8 Å². The van der Waals surface area contributed by atoms with Crippen LogP contribution in [0.1, 0.15) is 37.5 Å². The third-order valence-corrected chi connectivity index (χ3v) is 6.43. The smallest absolute Gasteiger partial charge is 0.216 e. The Balaban J connectivity index is 1.97. The molecule has 0 spiro atoms. The summed E-state index contributed by atoms with van der Waals surface area (Å²) in [6.07, 6.45) is 2.05. The number of nitriles is 1. The SMILES string of the molecule is Cc1cc(C(C)(C)C)c2c(oc3c(C#N)c(-c4ccccc4)ccc32)c1-c1cccc[n+]1C. The summed E-state index contributed by atoms with van der Waals surface area (Å²) in [5.41, 5.74) is 8.45. The predicted molar refractivity (Wildman–Crippen MR) is 134 cm³/mol. The van der Waals surface area contributed by atoms with Crippen LogP contribution in [0.3, 0.4) is 0 Å². The second-order valence-electron chi connectivity index (χ2n) is 9.71. The van der Waals surface area contributed by atoms with Crippen LogP contribution in [0.15, 0.2) is 77.3 Å². The van der Waals surface area contributed by atoms with Crippen molar-refractivity contribution in [1.29, 1.82) is 5.26 Å². The predicted octanol–water partition coefficient (Wildman–Crippen LogP) is 7.22. The van der Waals surface area contributed by atoms with Gasteiger partial charge in [0.25, 0.3) is 0 Å². The summed E-state index contributed by atoms with van der Waals surface area (Å²) in [6, 6.07) is 25.1. The van der Waals surface area contributed by atoms with Gasteiger partial charge in [-0.25, -0.2) is 4.57 Å². The number of fused-ring (bicyclic) bond motifs is 3. The van der Waals surface area contributed by atoms with Gasteiger partial charge in [0.05, 0.1) is 5.56 Å². The van der Waals surface area contributed by atoms with Crippen molar-refractivity contribution in [2.75, 3.05) is 0 Å². The number of rotatable bonds is 2. The van der Waals surface area contributed by atoms with E-state index in [0.29, 0.717) is 11.1 Å². The van der Waals surface area contributed by atoms with Crippen LogP contribution in [-0.4, -0.2) is 0 Å². The maximum atomic E-state index is 10.2. The third kappa shape index (κ3) is 3.31. The zero-order valence-corrected chi connectivity index (χ0v) is 19.7. The minimum Gasteiger partial charge on any atom is -0.454 e. The van der Waals surface area contributed by atoms with Crippen LogP contribution in [0.5, 0.6) is 0 Å². The van der Waals surface area contributed by atoms with Gasteiger partial charge in [-0.1, -0.05) is 63.2 Å². The van der Waals surface area contributed by atoms with Crippen LogP contribution in [0.2, 0.25) is 0 Å². The molecule has 5 aromatic rings. The lowest BCUT2D eigenvalue weighted by atomic mass is 9.81. The van der Waals surface area contributed by atoms with Gasteiger partial charge < -0.3 is 4.42 Å². The van der Waals surface area contributed by atoms with E-state index < -0.39 is 0 Å². The molecule has 3 heteroatoms. The molecule has 0 N–H and O–H groups in total. The Morgan fingerprint density at radius 3 is 2.30 bits per heavy atom. The molecule has 2 aromatic heterocycles. The number of aromatic nitrogens is 1.